The number of hydrogen-bond acceptors (Lipinski definition) is 4. The molecule has 0 aliphatic rings. The Bertz CT molecular complexity index is 697. The molecule has 1 N–H and O–H groups in total. The lowest BCUT2D eigenvalue weighted by Gasteiger charge is -2.15. The average Bonchev–Trinajstić information content (AvgIpc) is 2.54. The summed E-state index contributed by atoms with van der Waals surface area (Å²) in [5, 5.41) is 2.79. The SMILES string of the molecule is CC(=O)c1ccc(OCC(C)C)c(NC(=O)c2cccnc2)c1. The van der Waals surface area contributed by atoms with Crippen LogP contribution >= 0.6 is 0 Å². The van der Waals surface area contributed by atoms with E-state index in [0.29, 0.717) is 35.1 Å². The van der Waals surface area contributed by atoms with Gasteiger partial charge in [0.1, 0.15) is 5.75 Å². The maximum Gasteiger partial charge on any atom is 0.257 e. The number of nitrogens with zero attached hydrogens (tertiary/aromatic N) is 1. The number of anilines is 1. The largest absolute Gasteiger partial charge is 0.491 e. The molecule has 0 unspecified atom stereocenters. The van der Waals surface area contributed by atoms with Gasteiger partial charge in [0.25, 0.3) is 5.91 Å². The zero-order valence-electron chi connectivity index (χ0n) is 13.5. The van der Waals surface area contributed by atoms with E-state index in [9.17, 15) is 9.59 Å². The Morgan fingerprint density at radius 3 is 2.61 bits per heavy atom. The van der Waals surface area contributed by atoms with Gasteiger partial charge in [-0.2, -0.15) is 0 Å². The Hall–Kier alpha value is -2.69. The lowest BCUT2D eigenvalue weighted by atomic mass is 10.1. The first-order valence-corrected chi connectivity index (χ1v) is 7.46. The predicted molar refractivity (Wildman–Crippen MR) is 89.0 cm³/mol. The highest BCUT2D eigenvalue weighted by Crippen LogP contribution is 2.27. The van der Waals surface area contributed by atoms with Gasteiger partial charge in [0.15, 0.2) is 5.78 Å². The molecule has 0 aliphatic heterocycles. The van der Waals surface area contributed by atoms with Crippen molar-refractivity contribution >= 4 is 17.4 Å². The van der Waals surface area contributed by atoms with Gasteiger partial charge in [-0.3, -0.25) is 14.6 Å². The number of ether oxygens (including phenoxy) is 1. The number of carbonyl (C=O) groups is 2. The molecule has 1 aromatic heterocycles. The van der Waals surface area contributed by atoms with E-state index in [0.717, 1.165) is 0 Å². The second-order valence-corrected chi connectivity index (χ2v) is 5.67. The smallest absolute Gasteiger partial charge is 0.257 e. The maximum absolute atomic E-state index is 12.3. The molecule has 5 heteroatoms. The standard InChI is InChI=1S/C18H20N2O3/c1-12(2)11-23-17-7-6-14(13(3)21)9-16(17)20-18(22)15-5-4-8-19-10-15/h4-10,12H,11H2,1-3H3,(H,20,22). The molecule has 1 heterocycles. The molecular formula is C18H20N2O3. The molecule has 1 aromatic carbocycles. The highest BCUT2D eigenvalue weighted by atomic mass is 16.5. The van der Waals surface area contributed by atoms with E-state index in [4.69, 9.17) is 4.74 Å². The predicted octanol–water partition coefficient (Wildman–Crippen LogP) is 3.57. The van der Waals surface area contributed by atoms with Crippen molar-refractivity contribution in [2.45, 2.75) is 20.8 Å². The van der Waals surface area contributed by atoms with Crippen LogP contribution in [0.2, 0.25) is 0 Å². The van der Waals surface area contributed by atoms with Crippen molar-refractivity contribution in [2.24, 2.45) is 5.92 Å². The Morgan fingerprint density at radius 1 is 1.22 bits per heavy atom. The van der Waals surface area contributed by atoms with Crippen LogP contribution < -0.4 is 10.1 Å². The maximum atomic E-state index is 12.3. The van der Waals surface area contributed by atoms with Crippen LogP contribution in [0.1, 0.15) is 41.5 Å². The van der Waals surface area contributed by atoms with Crippen molar-refractivity contribution in [3.63, 3.8) is 0 Å². The minimum atomic E-state index is -0.298. The first-order chi connectivity index (χ1) is 11.0. The summed E-state index contributed by atoms with van der Waals surface area (Å²) < 4.78 is 5.73. The van der Waals surface area contributed by atoms with Crippen molar-refractivity contribution in [1.29, 1.82) is 0 Å². The fraction of sp³-hybridized carbons (Fsp3) is 0.278. The second-order valence-electron chi connectivity index (χ2n) is 5.67. The molecule has 120 valence electrons. The number of nitrogens with one attached hydrogen (secondary N) is 1. The highest BCUT2D eigenvalue weighted by molar-refractivity contribution is 6.05. The fourth-order valence-corrected chi connectivity index (χ4v) is 1.92. The number of ketones is 1. The topological polar surface area (TPSA) is 68.3 Å². The highest BCUT2D eigenvalue weighted by Gasteiger charge is 2.13. The number of rotatable bonds is 6. The number of benzene rings is 1. The molecule has 0 spiro atoms. The minimum absolute atomic E-state index is 0.0720. The molecule has 2 rings (SSSR count). The zero-order valence-corrected chi connectivity index (χ0v) is 13.5. The van der Waals surface area contributed by atoms with Crippen LogP contribution in [0.15, 0.2) is 42.7 Å². The fourth-order valence-electron chi connectivity index (χ4n) is 1.92. The normalized spacial score (nSPS) is 10.4. The van der Waals surface area contributed by atoms with E-state index in [1.807, 2.05) is 13.8 Å². The van der Waals surface area contributed by atoms with Crippen LogP contribution in [0.25, 0.3) is 0 Å². The Labute approximate surface area is 135 Å². The van der Waals surface area contributed by atoms with E-state index >= 15 is 0 Å². The van der Waals surface area contributed by atoms with Crippen LogP contribution in [-0.2, 0) is 0 Å². The van der Waals surface area contributed by atoms with Gasteiger partial charge in [-0.1, -0.05) is 13.8 Å². The van der Waals surface area contributed by atoms with Crippen LogP contribution in [0.4, 0.5) is 5.69 Å². The van der Waals surface area contributed by atoms with Gasteiger partial charge in [0.05, 0.1) is 17.9 Å². The lowest BCUT2D eigenvalue weighted by molar-refractivity contribution is 0.101. The number of Topliss-reactive ketones (excluding diaryl/α,β-unsaturated/α-hetero) is 1. The summed E-state index contributed by atoms with van der Waals surface area (Å²) in [5.41, 5.74) is 1.44. The van der Waals surface area contributed by atoms with Gasteiger partial charge in [0.2, 0.25) is 0 Å². The third kappa shape index (κ3) is 4.64. The van der Waals surface area contributed by atoms with E-state index in [2.05, 4.69) is 10.3 Å². The number of hydrogen-bond donors (Lipinski definition) is 1. The van der Waals surface area contributed by atoms with Crippen LogP contribution in [0.5, 0.6) is 5.75 Å². The second kappa shape index (κ2) is 7.54. The summed E-state index contributed by atoms with van der Waals surface area (Å²) in [6.07, 6.45) is 3.09. The van der Waals surface area contributed by atoms with E-state index in [1.165, 1.54) is 13.1 Å². The van der Waals surface area contributed by atoms with E-state index in [1.54, 1.807) is 36.5 Å². The molecule has 0 atom stereocenters. The third-order valence-corrected chi connectivity index (χ3v) is 3.13. The van der Waals surface area contributed by atoms with Crippen LogP contribution in [0, 0.1) is 5.92 Å². The van der Waals surface area contributed by atoms with Gasteiger partial charge in [-0.05, 0) is 43.2 Å². The zero-order chi connectivity index (χ0) is 16.8. The third-order valence-electron chi connectivity index (χ3n) is 3.13. The average molecular weight is 312 g/mol. The Morgan fingerprint density at radius 2 is 2.00 bits per heavy atom. The quantitative estimate of drug-likeness (QED) is 0.828. The summed E-state index contributed by atoms with van der Waals surface area (Å²) in [7, 11) is 0. The first kappa shape index (κ1) is 16.7. The number of carbonyl (C=O) groups excluding carboxylic acids is 2. The molecule has 2 aromatic rings. The Balaban J connectivity index is 2.27. The van der Waals surface area contributed by atoms with Gasteiger partial charge in [-0.25, -0.2) is 0 Å². The van der Waals surface area contributed by atoms with Crippen molar-refractivity contribution < 1.29 is 14.3 Å². The first-order valence-electron chi connectivity index (χ1n) is 7.46. The molecule has 0 bridgehead atoms. The molecule has 0 fully saturated rings. The Kier molecular flexibility index (Phi) is 5.46. The molecule has 0 aliphatic carbocycles. The summed E-state index contributed by atoms with van der Waals surface area (Å²) >= 11 is 0. The van der Waals surface area contributed by atoms with Crippen molar-refractivity contribution in [1.82, 2.24) is 4.98 Å². The molecule has 1 amide bonds. The summed E-state index contributed by atoms with van der Waals surface area (Å²) in [6, 6.07) is 8.39. The van der Waals surface area contributed by atoms with Crippen molar-refractivity contribution in [3.05, 3.63) is 53.9 Å². The molecular weight excluding hydrogens is 292 g/mol. The van der Waals surface area contributed by atoms with Crippen LogP contribution in [0.3, 0.4) is 0 Å². The number of pyridine rings is 1. The van der Waals surface area contributed by atoms with Gasteiger partial charge < -0.3 is 10.1 Å². The lowest BCUT2D eigenvalue weighted by Crippen LogP contribution is -2.14. The van der Waals surface area contributed by atoms with Crippen molar-refractivity contribution in [2.75, 3.05) is 11.9 Å². The van der Waals surface area contributed by atoms with Gasteiger partial charge in [0, 0.05) is 18.0 Å². The molecule has 0 saturated carbocycles. The number of amides is 1. The van der Waals surface area contributed by atoms with Crippen molar-refractivity contribution in [3.8, 4) is 5.75 Å². The monoisotopic (exact) mass is 312 g/mol. The summed E-state index contributed by atoms with van der Waals surface area (Å²) in [5.74, 6) is 0.524. The van der Waals surface area contributed by atoms with E-state index < -0.39 is 0 Å². The van der Waals surface area contributed by atoms with Gasteiger partial charge >= 0.3 is 0 Å². The minimum Gasteiger partial charge on any atom is -0.491 e. The summed E-state index contributed by atoms with van der Waals surface area (Å²) in [4.78, 5) is 27.8. The van der Waals surface area contributed by atoms with E-state index in [-0.39, 0.29) is 11.7 Å². The molecule has 0 saturated heterocycles. The summed E-state index contributed by atoms with van der Waals surface area (Å²) in [6.45, 7) is 6.08. The molecule has 5 nitrogen and oxygen atoms in total. The van der Waals surface area contributed by atoms with Crippen LogP contribution in [-0.4, -0.2) is 23.3 Å². The molecule has 23 heavy (non-hydrogen) atoms. The molecule has 0 radical (unpaired) electrons. The van der Waals surface area contributed by atoms with Gasteiger partial charge in [-0.15, -0.1) is 0 Å². The number of aromatic nitrogens is 1.